The molecule has 1 aromatic rings. The number of benzene rings is 1. The molecule has 1 aromatic carbocycles. The van der Waals surface area contributed by atoms with Gasteiger partial charge in [0.15, 0.2) is 5.69 Å². The van der Waals surface area contributed by atoms with Gasteiger partial charge in [-0.05, 0) is 6.92 Å². The van der Waals surface area contributed by atoms with Crippen molar-refractivity contribution in [3.63, 3.8) is 0 Å². The number of halogens is 4. The zero-order valence-corrected chi connectivity index (χ0v) is 15.3. The van der Waals surface area contributed by atoms with Gasteiger partial charge in [-0.2, -0.15) is 13.2 Å². The Morgan fingerprint density at radius 3 is 1.96 bits per heavy atom. The molecule has 0 saturated carbocycles. The lowest BCUT2D eigenvalue weighted by atomic mass is 10.1. The summed E-state index contributed by atoms with van der Waals surface area (Å²) in [6.07, 6.45) is -4.96. The van der Waals surface area contributed by atoms with Crippen molar-refractivity contribution in [3.8, 4) is 0 Å². The van der Waals surface area contributed by atoms with E-state index in [9.17, 15) is 33.4 Å². The maximum atomic E-state index is 12.8. The summed E-state index contributed by atoms with van der Waals surface area (Å²) in [4.78, 5) is 23.4. The van der Waals surface area contributed by atoms with Crippen LogP contribution >= 0.6 is 24.0 Å². The Hall–Kier alpha value is -1.77. The fraction of sp³-hybridized carbons (Fsp3) is 0.364. The van der Waals surface area contributed by atoms with Crippen molar-refractivity contribution in [2.75, 3.05) is 12.4 Å². The highest BCUT2D eigenvalue weighted by molar-refractivity contribution is 14.0. The van der Waals surface area contributed by atoms with Crippen LogP contribution in [0.3, 0.4) is 0 Å². The average molecular weight is 479 g/mol. The molecule has 0 aliphatic carbocycles. The Bertz CT molecular complexity index is 649. The van der Waals surface area contributed by atoms with Crippen LogP contribution < -0.4 is 5.32 Å². The van der Waals surface area contributed by atoms with E-state index >= 15 is 0 Å². The highest BCUT2D eigenvalue weighted by atomic mass is 127. The molecule has 0 bridgehead atoms. The van der Waals surface area contributed by atoms with Crippen molar-refractivity contribution in [2.45, 2.75) is 19.1 Å². The summed E-state index contributed by atoms with van der Waals surface area (Å²) in [6.45, 7) is 1.42. The number of nitro benzene ring substituents is 2. The van der Waals surface area contributed by atoms with Crippen LogP contribution in [0.2, 0.25) is 0 Å². The minimum atomic E-state index is -4.96. The summed E-state index contributed by atoms with van der Waals surface area (Å²) in [5, 5.41) is 24.5. The summed E-state index contributed by atoms with van der Waals surface area (Å²) in [6, 6.07) is -0.369. The second-order valence-electron chi connectivity index (χ2n) is 4.33. The maximum absolute atomic E-state index is 12.8. The first-order valence-corrected chi connectivity index (χ1v) is 6.34. The first kappa shape index (κ1) is 22.2. The second kappa shape index (κ2) is 8.36. The van der Waals surface area contributed by atoms with Crippen molar-refractivity contribution in [1.82, 2.24) is 0 Å². The zero-order valence-electron chi connectivity index (χ0n) is 12.2. The number of rotatable bonds is 5. The first-order chi connectivity index (χ1) is 10.5. The van der Waals surface area contributed by atoms with Crippen LogP contribution in [0.1, 0.15) is 12.5 Å². The SMILES string of the molecule is CN=C([S-])C(C)Nc1c([N+](=O)[O-])cc(C(F)(F)F)cc1[N+](=O)[O-].I. The van der Waals surface area contributed by atoms with Gasteiger partial charge in [-0.25, -0.2) is 0 Å². The number of alkyl halides is 3. The van der Waals surface area contributed by atoms with Crippen LogP contribution in [0.15, 0.2) is 17.1 Å². The van der Waals surface area contributed by atoms with E-state index in [0.717, 1.165) is 0 Å². The van der Waals surface area contributed by atoms with Crippen LogP contribution in [0.5, 0.6) is 0 Å². The molecule has 0 radical (unpaired) electrons. The first-order valence-electron chi connectivity index (χ1n) is 5.93. The molecule has 8 nitrogen and oxygen atoms in total. The van der Waals surface area contributed by atoms with Crippen LogP contribution in [-0.2, 0) is 18.8 Å². The molecular formula is C11H11F3IN4O4S-. The Morgan fingerprint density at radius 1 is 1.25 bits per heavy atom. The standard InChI is InChI=1S/C11H11F3N4O4S.HI/c1-5(10(23)15-2)16-9-7(17(19)20)3-6(11(12,13)14)4-8(9)18(21)22;/h3-5,16H,1-2H3,(H,15,23);1H/p-1. The molecule has 134 valence electrons. The van der Waals surface area contributed by atoms with E-state index in [0.29, 0.717) is 0 Å². The Morgan fingerprint density at radius 2 is 1.67 bits per heavy atom. The molecule has 0 fully saturated rings. The van der Waals surface area contributed by atoms with E-state index in [1.54, 1.807) is 0 Å². The molecule has 13 heteroatoms. The van der Waals surface area contributed by atoms with E-state index in [1.165, 1.54) is 14.0 Å². The summed E-state index contributed by atoms with van der Waals surface area (Å²) in [7, 11) is 1.34. The highest BCUT2D eigenvalue weighted by Crippen LogP contribution is 2.41. The fourth-order valence-electron chi connectivity index (χ4n) is 1.68. The molecule has 0 aliphatic heterocycles. The van der Waals surface area contributed by atoms with Gasteiger partial charge < -0.3 is 22.9 Å². The molecule has 0 saturated heterocycles. The van der Waals surface area contributed by atoms with Crippen LogP contribution in [0, 0.1) is 20.2 Å². The van der Waals surface area contributed by atoms with Gasteiger partial charge in [-0.15, -0.1) is 24.0 Å². The third-order valence-electron chi connectivity index (χ3n) is 2.77. The van der Waals surface area contributed by atoms with Crippen molar-refractivity contribution in [3.05, 3.63) is 37.9 Å². The van der Waals surface area contributed by atoms with E-state index in [2.05, 4.69) is 10.3 Å². The minimum absolute atomic E-state index is 0. The van der Waals surface area contributed by atoms with Crippen molar-refractivity contribution >= 4 is 58.7 Å². The Kier molecular flexibility index (Phi) is 7.75. The third kappa shape index (κ3) is 5.12. The summed E-state index contributed by atoms with van der Waals surface area (Å²) >= 11 is 4.83. The number of hydrogen-bond acceptors (Lipinski definition) is 7. The Balaban J connectivity index is 0.00000529. The second-order valence-corrected chi connectivity index (χ2v) is 4.75. The largest absolute Gasteiger partial charge is 0.763 e. The summed E-state index contributed by atoms with van der Waals surface area (Å²) in [5.74, 6) is 0. The Labute approximate surface area is 156 Å². The predicted molar refractivity (Wildman–Crippen MR) is 94.0 cm³/mol. The molecule has 0 aromatic heterocycles. The molecule has 1 N–H and O–H groups in total. The number of aliphatic imine (C=N–C) groups is 1. The summed E-state index contributed by atoms with van der Waals surface area (Å²) in [5.41, 5.74) is -4.29. The zero-order chi connectivity index (χ0) is 17.9. The third-order valence-corrected chi connectivity index (χ3v) is 3.31. The summed E-state index contributed by atoms with van der Waals surface area (Å²) < 4.78 is 38.3. The van der Waals surface area contributed by atoms with Gasteiger partial charge in [0.25, 0.3) is 11.4 Å². The molecule has 0 spiro atoms. The lowest BCUT2D eigenvalue weighted by molar-refractivity contribution is -0.392. The molecule has 24 heavy (non-hydrogen) atoms. The molecular weight excluding hydrogens is 468 g/mol. The molecule has 0 aliphatic rings. The van der Waals surface area contributed by atoms with Crippen LogP contribution in [-0.4, -0.2) is 28.0 Å². The van der Waals surface area contributed by atoms with Gasteiger partial charge in [-0.3, -0.25) is 20.2 Å². The van der Waals surface area contributed by atoms with Gasteiger partial charge in [0.05, 0.1) is 15.4 Å². The molecule has 1 rings (SSSR count). The number of nitrogens with zero attached hydrogens (tertiary/aromatic N) is 3. The number of anilines is 1. The number of hydrogen-bond donors (Lipinski definition) is 1. The van der Waals surface area contributed by atoms with Crippen molar-refractivity contribution in [2.24, 2.45) is 4.99 Å². The van der Waals surface area contributed by atoms with Gasteiger partial charge in [0, 0.05) is 25.2 Å². The lowest BCUT2D eigenvalue weighted by Crippen LogP contribution is -2.25. The molecule has 0 heterocycles. The van der Waals surface area contributed by atoms with E-state index < -0.39 is 44.7 Å². The van der Waals surface area contributed by atoms with Gasteiger partial charge in [0.1, 0.15) is 0 Å². The minimum Gasteiger partial charge on any atom is -0.763 e. The number of nitro groups is 2. The van der Waals surface area contributed by atoms with E-state index in [1.807, 2.05) is 0 Å². The quantitative estimate of drug-likeness (QED) is 0.173. The van der Waals surface area contributed by atoms with Crippen LogP contribution in [0.25, 0.3) is 0 Å². The fourth-order valence-corrected chi connectivity index (χ4v) is 1.74. The monoisotopic (exact) mass is 479 g/mol. The average Bonchev–Trinajstić information content (AvgIpc) is 2.44. The van der Waals surface area contributed by atoms with Crippen LogP contribution in [0.4, 0.5) is 30.2 Å². The van der Waals surface area contributed by atoms with Gasteiger partial charge in [-0.1, -0.05) is 5.04 Å². The molecule has 0 amide bonds. The van der Waals surface area contributed by atoms with Gasteiger partial charge in [0.2, 0.25) is 0 Å². The molecule has 1 atom stereocenters. The van der Waals surface area contributed by atoms with E-state index in [-0.39, 0.29) is 41.2 Å². The topological polar surface area (TPSA) is 111 Å². The normalized spacial score (nSPS) is 13.0. The van der Waals surface area contributed by atoms with E-state index in [4.69, 9.17) is 12.6 Å². The molecule has 1 unspecified atom stereocenters. The van der Waals surface area contributed by atoms with Gasteiger partial charge >= 0.3 is 6.18 Å². The lowest BCUT2D eigenvalue weighted by Gasteiger charge is -2.21. The number of nitrogens with one attached hydrogen (secondary N) is 1. The van der Waals surface area contributed by atoms with Crippen molar-refractivity contribution in [1.29, 1.82) is 0 Å². The smallest absolute Gasteiger partial charge is 0.416 e. The van der Waals surface area contributed by atoms with Crippen molar-refractivity contribution < 1.29 is 23.0 Å². The predicted octanol–water partition coefficient (Wildman–Crippen LogP) is 3.52. The maximum Gasteiger partial charge on any atom is 0.416 e. The highest BCUT2D eigenvalue weighted by Gasteiger charge is 2.37.